The first-order chi connectivity index (χ1) is 12.0. The van der Waals surface area contributed by atoms with Crippen LogP contribution in [0.4, 0.5) is 0 Å². The number of carbonyl (C=O) groups excluding carboxylic acids is 1. The summed E-state index contributed by atoms with van der Waals surface area (Å²) in [5.41, 5.74) is 1.04. The number of furan rings is 1. The second-order valence-corrected chi connectivity index (χ2v) is 6.78. The molecule has 0 saturated carbocycles. The van der Waals surface area contributed by atoms with E-state index in [-0.39, 0.29) is 12.7 Å². The molecule has 134 valence electrons. The standard InChI is InChI=1S/C20H25NO4/c1-14(2)17(18-5-4-10-23-18)8-9-21(15(3)22)12-16-6-7-19-20(11-16)25-13-24-19/h4-7,10-11,14,17H,8-9,12-13H2,1-3H3. The lowest BCUT2D eigenvalue weighted by Gasteiger charge is -2.25. The minimum absolute atomic E-state index is 0.0691. The molecule has 1 aliphatic heterocycles. The van der Waals surface area contributed by atoms with Crippen LogP contribution in [0, 0.1) is 5.92 Å². The molecule has 0 aliphatic carbocycles. The lowest BCUT2D eigenvalue weighted by Crippen LogP contribution is -2.30. The van der Waals surface area contributed by atoms with Crippen LogP contribution in [0.2, 0.25) is 0 Å². The van der Waals surface area contributed by atoms with E-state index in [1.165, 1.54) is 0 Å². The third kappa shape index (κ3) is 4.16. The van der Waals surface area contributed by atoms with Gasteiger partial charge in [0.15, 0.2) is 11.5 Å². The van der Waals surface area contributed by atoms with Gasteiger partial charge in [-0.25, -0.2) is 0 Å². The number of fused-ring (bicyclic) bond motifs is 1. The Morgan fingerprint density at radius 2 is 2.00 bits per heavy atom. The molecule has 25 heavy (non-hydrogen) atoms. The van der Waals surface area contributed by atoms with E-state index in [1.807, 2.05) is 35.2 Å². The minimum Gasteiger partial charge on any atom is -0.469 e. The molecule has 1 aliphatic rings. The average molecular weight is 343 g/mol. The summed E-state index contributed by atoms with van der Waals surface area (Å²) >= 11 is 0. The number of hydrogen-bond donors (Lipinski definition) is 0. The number of carbonyl (C=O) groups is 1. The largest absolute Gasteiger partial charge is 0.469 e. The summed E-state index contributed by atoms with van der Waals surface area (Å²) in [6.07, 6.45) is 2.58. The normalized spacial score (nSPS) is 13.9. The van der Waals surface area contributed by atoms with Gasteiger partial charge in [0.05, 0.1) is 6.26 Å². The van der Waals surface area contributed by atoms with Crippen LogP contribution in [0.3, 0.4) is 0 Å². The van der Waals surface area contributed by atoms with Crippen LogP contribution >= 0.6 is 0 Å². The van der Waals surface area contributed by atoms with Crippen molar-refractivity contribution in [3.63, 3.8) is 0 Å². The van der Waals surface area contributed by atoms with E-state index in [9.17, 15) is 4.79 Å². The molecule has 3 rings (SSSR count). The van der Waals surface area contributed by atoms with Crippen molar-refractivity contribution in [2.75, 3.05) is 13.3 Å². The van der Waals surface area contributed by atoms with Crippen LogP contribution in [-0.2, 0) is 11.3 Å². The van der Waals surface area contributed by atoms with Crippen LogP contribution in [0.15, 0.2) is 41.0 Å². The number of benzene rings is 1. The fourth-order valence-corrected chi connectivity index (χ4v) is 3.21. The van der Waals surface area contributed by atoms with Gasteiger partial charge in [-0.2, -0.15) is 0 Å². The third-order valence-electron chi connectivity index (χ3n) is 4.68. The molecular formula is C20H25NO4. The number of amides is 1. The van der Waals surface area contributed by atoms with E-state index < -0.39 is 0 Å². The Bertz CT molecular complexity index is 708. The van der Waals surface area contributed by atoms with E-state index in [0.717, 1.165) is 29.2 Å². The van der Waals surface area contributed by atoms with Gasteiger partial charge in [0.1, 0.15) is 5.76 Å². The average Bonchev–Trinajstić information content (AvgIpc) is 3.24. The predicted molar refractivity (Wildman–Crippen MR) is 94.6 cm³/mol. The molecule has 2 aromatic rings. The smallest absolute Gasteiger partial charge is 0.231 e. The molecule has 1 unspecified atom stereocenters. The molecule has 0 N–H and O–H groups in total. The molecule has 0 fully saturated rings. The van der Waals surface area contributed by atoms with Crippen molar-refractivity contribution in [2.45, 2.75) is 39.7 Å². The molecule has 0 radical (unpaired) electrons. The highest BCUT2D eigenvalue weighted by Crippen LogP contribution is 2.33. The summed E-state index contributed by atoms with van der Waals surface area (Å²) in [6.45, 7) is 7.49. The minimum atomic E-state index is 0.0691. The maximum Gasteiger partial charge on any atom is 0.231 e. The van der Waals surface area contributed by atoms with E-state index in [1.54, 1.807) is 13.2 Å². The Labute approximate surface area is 148 Å². The van der Waals surface area contributed by atoms with E-state index in [4.69, 9.17) is 13.9 Å². The molecule has 1 aromatic heterocycles. The van der Waals surface area contributed by atoms with E-state index >= 15 is 0 Å². The molecule has 2 heterocycles. The highest BCUT2D eigenvalue weighted by atomic mass is 16.7. The molecule has 1 aromatic carbocycles. The van der Waals surface area contributed by atoms with Crippen molar-refractivity contribution in [2.24, 2.45) is 5.92 Å². The molecule has 5 nitrogen and oxygen atoms in total. The quantitative estimate of drug-likeness (QED) is 0.756. The number of hydrogen-bond acceptors (Lipinski definition) is 4. The summed E-state index contributed by atoms with van der Waals surface area (Å²) in [4.78, 5) is 14.0. The van der Waals surface area contributed by atoms with Gasteiger partial charge in [0.2, 0.25) is 12.7 Å². The molecule has 0 spiro atoms. The van der Waals surface area contributed by atoms with Crippen LogP contribution < -0.4 is 9.47 Å². The van der Waals surface area contributed by atoms with Gasteiger partial charge in [0.25, 0.3) is 0 Å². The van der Waals surface area contributed by atoms with Crippen LogP contribution in [0.5, 0.6) is 11.5 Å². The Hall–Kier alpha value is -2.43. The van der Waals surface area contributed by atoms with E-state index in [0.29, 0.717) is 24.9 Å². The first-order valence-electron chi connectivity index (χ1n) is 8.72. The lowest BCUT2D eigenvalue weighted by molar-refractivity contribution is -0.129. The summed E-state index contributed by atoms with van der Waals surface area (Å²) in [5.74, 6) is 3.31. The van der Waals surface area contributed by atoms with Crippen molar-refractivity contribution in [1.82, 2.24) is 4.90 Å². The van der Waals surface area contributed by atoms with Crippen LogP contribution in [-0.4, -0.2) is 24.1 Å². The topological polar surface area (TPSA) is 51.9 Å². The number of ether oxygens (including phenoxy) is 2. The zero-order chi connectivity index (χ0) is 17.8. The highest BCUT2D eigenvalue weighted by molar-refractivity contribution is 5.73. The SMILES string of the molecule is CC(=O)N(CCC(c1ccco1)C(C)C)Cc1ccc2c(c1)OCO2. The molecule has 0 bridgehead atoms. The zero-order valence-corrected chi connectivity index (χ0v) is 15.0. The Balaban J connectivity index is 1.66. The van der Waals surface area contributed by atoms with Crippen molar-refractivity contribution in [3.05, 3.63) is 47.9 Å². The van der Waals surface area contributed by atoms with Crippen molar-refractivity contribution < 1.29 is 18.7 Å². The molecule has 1 amide bonds. The molecular weight excluding hydrogens is 318 g/mol. The fraction of sp³-hybridized carbons (Fsp3) is 0.450. The Morgan fingerprint density at radius 1 is 1.20 bits per heavy atom. The van der Waals surface area contributed by atoms with Crippen LogP contribution in [0.1, 0.15) is 44.4 Å². The summed E-state index contributed by atoms with van der Waals surface area (Å²) in [6, 6.07) is 9.76. The van der Waals surface area contributed by atoms with Gasteiger partial charge in [-0.3, -0.25) is 4.79 Å². The molecule has 5 heteroatoms. The van der Waals surface area contributed by atoms with Crippen LogP contribution in [0.25, 0.3) is 0 Å². The van der Waals surface area contributed by atoms with Gasteiger partial charge >= 0.3 is 0 Å². The highest BCUT2D eigenvalue weighted by Gasteiger charge is 2.21. The first kappa shape index (κ1) is 17.4. The second-order valence-electron chi connectivity index (χ2n) is 6.78. The Kier molecular flexibility index (Phi) is 5.31. The summed E-state index contributed by atoms with van der Waals surface area (Å²) in [5, 5.41) is 0. The number of rotatable bonds is 7. The molecule has 0 saturated heterocycles. The molecule has 1 atom stereocenters. The number of nitrogens with zero attached hydrogens (tertiary/aromatic N) is 1. The van der Waals surface area contributed by atoms with Gasteiger partial charge in [-0.05, 0) is 42.2 Å². The van der Waals surface area contributed by atoms with Gasteiger partial charge in [0, 0.05) is 25.9 Å². The maximum atomic E-state index is 12.1. The van der Waals surface area contributed by atoms with Gasteiger partial charge in [-0.15, -0.1) is 0 Å². The predicted octanol–water partition coefficient (Wildman–Crippen LogP) is 4.19. The van der Waals surface area contributed by atoms with E-state index in [2.05, 4.69) is 13.8 Å². The second kappa shape index (κ2) is 7.64. The summed E-state index contributed by atoms with van der Waals surface area (Å²) in [7, 11) is 0. The lowest BCUT2D eigenvalue weighted by atomic mass is 9.90. The first-order valence-corrected chi connectivity index (χ1v) is 8.72. The third-order valence-corrected chi connectivity index (χ3v) is 4.68. The zero-order valence-electron chi connectivity index (χ0n) is 15.0. The summed E-state index contributed by atoms with van der Waals surface area (Å²) < 4.78 is 16.3. The van der Waals surface area contributed by atoms with Crippen molar-refractivity contribution in [3.8, 4) is 11.5 Å². The van der Waals surface area contributed by atoms with Gasteiger partial charge in [-0.1, -0.05) is 19.9 Å². The van der Waals surface area contributed by atoms with Crippen molar-refractivity contribution in [1.29, 1.82) is 0 Å². The maximum absolute atomic E-state index is 12.1. The van der Waals surface area contributed by atoms with Crippen molar-refractivity contribution >= 4 is 5.91 Å². The monoisotopic (exact) mass is 343 g/mol. The van der Waals surface area contributed by atoms with Gasteiger partial charge < -0.3 is 18.8 Å². The fourth-order valence-electron chi connectivity index (χ4n) is 3.21. The Morgan fingerprint density at radius 3 is 2.68 bits per heavy atom.